The quantitative estimate of drug-likeness (QED) is 0.614. The molecule has 0 amide bonds. The van der Waals surface area contributed by atoms with Gasteiger partial charge in [-0.3, -0.25) is 0 Å². The first-order valence-corrected chi connectivity index (χ1v) is 7.53. The second-order valence-corrected chi connectivity index (χ2v) is 5.96. The van der Waals surface area contributed by atoms with Crippen LogP contribution in [0, 0.1) is 0 Å². The first-order chi connectivity index (χ1) is 9.88. The SMILES string of the molecule is c1ccc2sc(CCc3[nH]c4ccccc4[nH+]3)nc2c1. The van der Waals surface area contributed by atoms with E-state index in [2.05, 4.69) is 45.3 Å². The Morgan fingerprint density at radius 2 is 1.85 bits per heavy atom. The third-order valence-electron chi connectivity index (χ3n) is 3.43. The van der Waals surface area contributed by atoms with E-state index in [0.717, 1.165) is 35.2 Å². The lowest BCUT2D eigenvalue weighted by Crippen LogP contribution is -2.08. The highest BCUT2D eigenvalue weighted by Crippen LogP contribution is 2.22. The van der Waals surface area contributed by atoms with Gasteiger partial charge in [0.2, 0.25) is 0 Å². The van der Waals surface area contributed by atoms with Crippen LogP contribution in [0.25, 0.3) is 21.3 Å². The third-order valence-corrected chi connectivity index (χ3v) is 4.52. The Hall–Kier alpha value is -2.20. The van der Waals surface area contributed by atoms with Crippen LogP contribution in [0.2, 0.25) is 0 Å². The minimum Gasteiger partial charge on any atom is -0.241 e. The van der Waals surface area contributed by atoms with Gasteiger partial charge in [-0.25, -0.2) is 15.0 Å². The van der Waals surface area contributed by atoms with Crippen molar-refractivity contribution >= 4 is 32.6 Å². The summed E-state index contributed by atoms with van der Waals surface area (Å²) < 4.78 is 1.27. The summed E-state index contributed by atoms with van der Waals surface area (Å²) in [5.41, 5.74) is 3.42. The van der Waals surface area contributed by atoms with Crippen LogP contribution in [-0.2, 0) is 12.8 Å². The molecule has 3 nitrogen and oxygen atoms in total. The number of aromatic amines is 2. The summed E-state index contributed by atoms with van der Waals surface area (Å²) in [6.45, 7) is 0. The molecular formula is C16H14N3S+. The van der Waals surface area contributed by atoms with Crippen molar-refractivity contribution < 1.29 is 4.98 Å². The van der Waals surface area contributed by atoms with Crippen molar-refractivity contribution in [1.29, 1.82) is 0 Å². The Morgan fingerprint density at radius 1 is 1.00 bits per heavy atom. The standard InChI is InChI=1S/C16H13N3S/c1-2-6-12-11(5-1)17-15(18-12)9-10-16-19-13-7-3-4-8-14(13)20-16/h1-8H,9-10H2,(H,17,18)/p+1. The Kier molecular flexibility index (Phi) is 2.74. The van der Waals surface area contributed by atoms with Gasteiger partial charge in [0.1, 0.15) is 0 Å². The maximum absolute atomic E-state index is 4.67. The van der Waals surface area contributed by atoms with E-state index in [-0.39, 0.29) is 0 Å². The van der Waals surface area contributed by atoms with Crippen molar-refractivity contribution in [3.8, 4) is 0 Å². The van der Waals surface area contributed by atoms with Crippen molar-refractivity contribution in [2.75, 3.05) is 0 Å². The minimum absolute atomic E-state index is 0.953. The highest BCUT2D eigenvalue weighted by Gasteiger charge is 2.10. The average Bonchev–Trinajstić information content (AvgIpc) is 3.07. The highest BCUT2D eigenvalue weighted by atomic mass is 32.1. The number of aryl methyl sites for hydroxylation is 2. The van der Waals surface area contributed by atoms with E-state index in [1.54, 1.807) is 11.3 Å². The fourth-order valence-electron chi connectivity index (χ4n) is 2.44. The van der Waals surface area contributed by atoms with Gasteiger partial charge in [0.15, 0.2) is 11.0 Å². The van der Waals surface area contributed by atoms with E-state index in [0.29, 0.717) is 0 Å². The minimum atomic E-state index is 0.953. The Morgan fingerprint density at radius 3 is 2.75 bits per heavy atom. The Balaban J connectivity index is 1.57. The lowest BCUT2D eigenvalue weighted by Gasteiger charge is -1.88. The van der Waals surface area contributed by atoms with Gasteiger partial charge in [-0.1, -0.05) is 24.3 Å². The Labute approximate surface area is 120 Å². The summed E-state index contributed by atoms with van der Waals surface area (Å²) in [5, 5.41) is 1.19. The van der Waals surface area contributed by atoms with Gasteiger partial charge in [0.05, 0.1) is 21.6 Å². The summed E-state index contributed by atoms with van der Waals surface area (Å²) in [6, 6.07) is 16.6. The van der Waals surface area contributed by atoms with Crippen molar-refractivity contribution in [2.45, 2.75) is 12.8 Å². The van der Waals surface area contributed by atoms with Gasteiger partial charge in [-0.15, -0.1) is 11.3 Å². The van der Waals surface area contributed by atoms with Crippen molar-refractivity contribution in [2.24, 2.45) is 0 Å². The lowest BCUT2D eigenvalue weighted by atomic mass is 10.3. The molecule has 2 heterocycles. The van der Waals surface area contributed by atoms with Crippen LogP contribution in [-0.4, -0.2) is 9.97 Å². The molecule has 0 atom stereocenters. The fraction of sp³-hybridized carbons (Fsp3) is 0.125. The number of H-pyrrole nitrogens is 2. The van der Waals surface area contributed by atoms with Gasteiger partial charge >= 0.3 is 0 Å². The fourth-order valence-corrected chi connectivity index (χ4v) is 3.41. The van der Waals surface area contributed by atoms with Crippen LogP contribution in [0.15, 0.2) is 48.5 Å². The molecule has 98 valence electrons. The molecular weight excluding hydrogens is 266 g/mol. The molecule has 0 saturated carbocycles. The van der Waals surface area contributed by atoms with Gasteiger partial charge in [-0.2, -0.15) is 0 Å². The molecule has 2 aromatic carbocycles. The molecule has 2 aromatic heterocycles. The second-order valence-electron chi connectivity index (χ2n) is 4.85. The van der Waals surface area contributed by atoms with Gasteiger partial charge in [-0.05, 0) is 24.3 Å². The first-order valence-electron chi connectivity index (χ1n) is 6.72. The zero-order valence-corrected chi connectivity index (χ0v) is 11.7. The molecule has 0 radical (unpaired) electrons. The number of imidazole rings is 1. The number of aromatic nitrogens is 3. The van der Waals surface area contributed by atoms with E-state index in [1.807, 2.05) is 18.2 Å². The number of fused-ring (bicyclic) bond motifs is 2. The topological polar surface area (TPSA) is 42.8 Å². The Bertz CT molecular complexity index is 735. The summed E-state index contributed by atoms with van der Waals surface area (Å²) in [7, 11) is 0. The molecule has 4 aromatic rings. The molecule has 0 aliphatic carbocycles. The second kappa shape index (κ2) is 4.72. The van der Waals surface area contributed by atoms with E-state index in [4.69, 9.17) is 0 Å². The van der Waals surface area contributed by atoms with E-state index < -0.39 is 0 Å². The number of para-hydroxylation sites is 3. The molecule has 0 bridgehead atoms. The number of nitrogens with zero attached hydrogens (tertiary/aromatic N) is 1. The summed E-state index contributed by atoms with van der Waals surface area (Å²) in [6.07, 6.45) is 1.91. The molecule has 0 unspecified atom stereocenters. The van der Waals surface area contributed by atoms with Crippen molar-refractivity contribution in [1.82, 2.24) is 9.97 Å². The van der Waals surface area contributed by atoms with Crippen molar-refractivity contribution in [3.63, 3.8) is 0 Å². The number of thiazole rings is 1. The third kappa shape index (κ3) is 2.08. The summed E-state index contributed by atoms with van der Waals surface area (Å²) in [5.74, 6) is 1.16. The van der Waals surface area contributed by atoms with Crippen LogP contribution in [0.1, 0.15) is 10.8 Å². The van der Waals surface area contributed by atoms with Crippen molar-refractivity contribution in [3.05, 3.63) is 59.4 Å². The smallest absolute Gasteiger partial charge is 0.241 e. The highest BCUT2D eigenvalue weighted by molar-refractivity contribution is 7.18. The summed E-state index contributed by atoms with van der Waals surface area (Å²) in [4.78, 5) is 11.5. The molecule has 0 aliphatic rings. The lowest BCUT2D eigenvalue weighted by molar-refractivity contribution is -0.357. The van der Waals surface area contributed by atoms with Crippen LogP contribution in [0.5, 0.6) is 0 Å². The molecule has 0 aliphatic heterocycles. The van der Waals surface area contributed by atoms with Crippen LogP contribution in [0.4, 0.5) is 0 Å². The molecule has 0 spiro atoms. The number of benzene rings is 2. The number of hydrogen-bond donors (Lipinski definition) is 1. The summed E-state index contributed by atoms with van der Waals surface area (Å²) >= 11 is 1.78. The maximum atomic E-state index is 4.67. The molecule has 2 N–H and O–H groups in total. The first kappa shape index (κ1) is 11.6. The largest absolute Gasteiger partial charge is 0.253 e. The number of rotatable bonds is 3. The van der Waals surface area contributed by atoms with Crippen LogP contribution in [0.3, 0.4) is 0 Å². The average molecular weight is 280 g/mol. The zero-order chi connectivity index (χ0) is 13.4. The number of hydrogen-bond acceptors (Lipinski definition) is 2. The van der Waals surface area contributed by atoms with Gasteiger partial charge in [0, 0.05) is 6.42 Å². The van der Waals surface area contributed by atoms with Gasteiger partial charge in [0.25, 0.3) is 5.82 Å². The molecule has 4 heteroatoms. The monoisotopic (exact) mass is 280 g/mol. The molecule has 0 fully saturated rings. The van der Waals surface area contributed by atoms with E-state index in [9.17, 15) is 0 Å². The number of nitrogens with one attached hydrogen (secondary N) is 2. The van der Waals surface area contributed by atoms with Gasteiger partial charge < -0.3 is 0 Å². The maximum Gasteiger partial charge on any atom is 0.253 e. The predicted octanol–water partition coefficient (Wildman–Crippen LogP) is 3.38. The van der Waals surface area contributed by atoms with Crippen LogP contribution >= 0.6 is 11.3 Å². The molecule has 20 heavy (non-hydrogen) atoms. The van der Waals surface area contributed by atoms with E-state index in [1.165, 1.54) is 9.71 Å². The zero-order valence-electron chi connectivity index (χ0n) is 10.9. The molecule has 4 rings (SSSR count). The molecule has 0 saturated heterocycles. The predicted molar refractivity (Wildman–Crippen MR) is 81.9 cm³/mol. The van der Waals surface area contributed by atoms with E-state index >= 15 is 0 Å². The van der Waals surface area contributed by atoms with Crippen LogP contribution < -0.4 is 4.98 Å². The normalized spacial score (nSPS) is 11.4.